The maximum atomic E-state index is 5.94. The Morgan fingerprint density at radius 2 is 2.16 bits per heavy atom. The smallest absolute Gasteiger partial charge is 0.147 e. The van der Waals surface area contributed by atoms with Gasteiger partial charge >= 0.3 is 0 Å². The molecule has 96 valence electrons. The van der Waals surface area contributed by atoms with Crippen molar-refractivity contribution >= 4 is 22.4 Å². The molecule has 6 nitrogen and oxygen atoms in total. The molecule has 3 rings (SSSR count). The molecule has 0 amide bonds. The highest BCUT2D eigenvalue weighted by Crippen LogP contribution is 2.36. The summed E-state index contributed by atoms with van der Waals surface area (Å²) in [5.74, 6) is 0.533. The molecule has 0 radical (unpaired) electrons. The minimum atomic E-state index is 0.533. The first-order valence-electron chi connectivity index (χ1n) is 5.71. The molecule has 7 heteroatoms. The van der Waals surface area contributed by atoms with Crippen LogP contribution in [0.3, 0.4) is 0 Å². The second-order valence-electron chi connectivity index (χ2n) is 3.97. The number of hydrogen-bond donors (Lipinski definition) is 3. The fraction of sp³-hybridized carbons (Fsp3) is 0.0833. The van der Waals surface area contributed by atoms with Crippen molar-refractivity contribution in [2.45, 2.75) is 6.54 Å². The van der Waals surface area contributed by atoms with Crippen molar-refractivity contribution in [1.82, 2.24) is 19.6 Å². The van der Waals surface area contributed by atoms with Crippen LogP contribution < -0.4 is 11.1 Å². The average molecular weight is 272 g/mol. The van der Waals surface area contributed by atoms with Gasteiger partial charge in [0.1, 0.15) is 10.8 Å². The Kier molecular flexibility index (Phi) is 3.11. The third kappa shape index (κ3) is 2.41. The summed E-state index contributed by atoms with van der Waals surface area (Å²) in [6, 6.07) is 3.84. The van der Waals surface area contributed by atoms with E-state index in [2.05, 4.69) is 24.9 Å². The molecule has 19 heavy (non-hydrogen) atoms. The Hall–Kier alpha value is -2.41. The minimum absolute atomic E-state index is 0.533. The fourth-order valence-corrected chi connectivity index (χ4v) is 2.51. The molecule has 0 aliphatic carbocycles. The monoisotopic (exact) mass is 272 g/mol. The molecule has 4 N–H and O–H groups in total. The van der Waals surface area contributed by atoms with E-state index in [-0.39, 0.29) is 0 Å². The molecule has 0 spiro atoms. The topological polar surface area (TPSA) is 92.5 Å². The number of anilines is 2. The molecule has 0 atom stereocenters. The normalized spacial score (nSPS) is 10.5. The van der Waals surface area contributed by atoms with Gasteiger partial charge in [-0.1, -0.05) is 0 Å². The van der Waals surface area contributed by atoms with E-state index in [1.807, 2.05) is 18.3 Å². The van der Waals surface area contributed by atoms with E-state index in [0.717, 1.165) is 21.7 Å². The zero-order valence-corrected chi connectivity index (χ0v) is 10.8. The first-order valence-corrected chi connectivity index (χ1v) is 6.49. The molecule has 0 aromatic carbocycles. The zero-order valence-electron chi connectivity index (χ0n) is 10.00. The number of pyridine rings is 1. The van der Waals surface area contributed by atoms with Crippen LogP contribution in [0.25, 0.3) is 11.1 Å². The Bertz CT molecular complexity index is 646. The number of aromatic amines is 1. The van der Waals surface area contributed by atoms with Gasteiger partial charge < -0.3 is 11.1 Å². The summed E-state index contributed by atoms with van der Waals surface area (Å²) in [4.78, 5) is 4.01. The van der Waals surface area contributed by atoms with Gasteiger partial charge in [0.15, 0.2) is 0 Å². The quantitative estimate of drug-likeness (QED) is 0.676. The van der Waals surface area contributed by atoms with Crippen molar-refractivity contribution in [2.75, 3.05) is 11.1 Å². The van der Waals surface area contributed by atoms with Gasteiger partial charge in [0.2, 0.25) is 0 Å². The fourth-order valence-electron chi connectivity index (χ4n) is 1.78. The maximum absolute atomic E-state index is 5.94. The summed E-state index contributed by atoms with van der Waals surface area (Å²) in [5.41, 5.74) is 8.96. The van der Waals surface area contributed by atoms with Crippen molar-refractivity contribution in [3.63, 3.8) is 0 Å². The Morgan fingerprint density at radius 1 is 1.32 bits per heavy atom. The van der Waals surface area contributed by atoms with Crippen molar-refractivity contribution in [1.29, 1.82) is 0 Å². The van der Waals surface area contributed by atoms with Gasteiger partial charge in [-0.25, -0.2) is 0 Å². The van der Waals surface area contributed by atoms with E-state index in [1.165, 1.54) is 11.5 Å². The second-order valence-corrected chi connectivity index (χ2v) is 4.74. The number of hydrogen-bond acceptors (Lipinski definition) is 6. The molecule has 3 heterocycles. The van der Waals surface area contributed by atoms with Crippen LogP contribution in [-0.2, 0) is 6.54 Å². The highest BCUT2D eigenvalue weighted by Gasteiger charge is 2.13. The summed E-state index contributed by atoms with van der Waals surface area (Å²) >= 11 is 1.36. The van der Waals surface area contributed by atoms with Crippen molar-refractivity contribution in [2.24, 2.45) is 0 Å². The third-order valence-electron chi connectivity index (χ3n) is 2.70. The van der Waals surface area contributed by atoms with Crippen LogP contribution in [0.4, 0.5) is 10.8 Å². The third-order valence-corrected chi connectivity index (χ3v) is 3.51. The van der Waals surface area contributed by atoms with Crippen molar-refractivity contribution in [3.8, 4) is 11.1 Å². The Labute approximate surface area is 113 Å². The lowest BCUT2D eigenvalue weighted by atomic mass is 10.1. The average Bonchev–Trinajstić information content (AvgIpc) is 3.07. The molecule has 0 unspecified atom stereocenters. The number of H-pyrrole nitrogens is 1. The van der Waals surface area contributed by atoms with Crippen LogP contribution >= 0.6 is 11.5 Å². The summed E-state index contributed by atoms with van der Waals surface area (Å²) in [5, 5.41) is 11.0. The summed E-state index contributed by atoms with van der Waals surface area (Å²) in [7, 11) is 0. The second kappa shape index (κ2) is 5.07. The van der Waals surface area contributed by atoms with E-state index in [4.69, 9.17) is 5.73 Å². The van der Waals surface area contributed by atoms with Crippen LogP contribution in [-0.4, -0.2) is 19.6 Å². The Morgan fingerprint density at radius 3 is 2.89 bits per heavy atom. The predicted octanol–water partition coefficient (Wildman–Crippen LogP) is 2.12. The van der Waals surface area contributed by atoms with Gasteiger partial charge in [0.25, 0.3) is 0 Å². The van der Waals surface area contributed by atoms with Crippen LogP contribution in [0.15, 0.2) is 36.9 Å². The number of rotatable bonds is 4. The van der Waals surface area contributed by atoms with Gasteiger partial charge in [-0.15, -0.1) is 0 Å². The summed E-state index contributed by atoms with van der Waals surface area (Å²) in [6.45, 7) is 0.677. The Balaban J connectivity index is 1.87. The van der Waals surface area contributed by atoms with Crippen LogP contribution in [0.1, 0.15) is 5.56 Å². The predicted molar refractivity (Wildman–Crippen MR) is 75.7 cm³/mol. The lowest BCUT2D eigenvalue weighted by Gasteiger charge is -2.05. The van der Waals surface area contributed by atoms with E-state index < -0.39 is 0 Å². The highest BCUT2D eigenvalue weighted by molar-refractivity contribution is 7.11. The lowest BCUT2D eigenvalue weighted by molar-refractivity contribution is 1.09. The molecular formula is C12H12N6S. The van der Waals surface area contributed by atoms with Gasteiger partial charge in [0.05, 0.1) is 11.8 Å². The summed E-state index contributed by atoms with van der Waals surface area (Å²) in [6.07, 6.45) is 7.12. The molecule has 0 aliphatic heterocycles. The number of nitrogens with zero attached hydrogens (tertiary/aromatic N) is 3. The molecule has 3 aromatic rings. The number of nitrogens with one attached hydrogen (secondary N) is 2. The van der Waals surface area contributed by atoms with Gasteiger partial charge in [-0.05, 0) is 29.2 Å². The number of nitrogen functional groups attached to an aromatic ring is 1. The van der Waals surface area contributed by atoms with Crippen molar-refractivity contribution in [3.05, 3.63) is 42.5 Å². The first kappa shape index (κ1) is 11.7. The van der Waals surface area contributed by atoms with Gasteiger partial charge in [-0.3, -0.25) is 10.1 Å². The molecule has 0 saturated carbocycles. The van der Waals surface area contributed by atoms with E-state index in [9.17, 15) is 0 Å². The van der Waals surface area contributed by atoms with Crippen LogP contribution in [0.2, 0.25) is 0 Å². The molecular weight excluding hydrogens is 260 g/mol. The SMILES string of the molecule is Nc1nsc(NCc2cn[nH]c2)c1-c1ccncc1. The summed E-state index contributed by atoms with van der Waals surface area (Å²) < 4.78 is 4.21. The van der Waals surface area contributed by atoms with Crippen molar-refractivity contribution < 1.29 is 0 Å². The number of aromatic nitrogens is 4. The van der Waals surface area contributed by atoms with Gasteiger partial charge in [-0.2, -0.15) is 9.47 Å². The molecule has 0 bridgehead atoms. The maximum Gasteiger partial charge on any atom is 0.147 e. The first-order chi connectivity index (χ1) is 9.34. The minimum Gasteiger partial charge on any atom is -0.382 e. The molecule has 0 fully saturated rings. The molecule has 0 saturated heterocycles. The number of nitrogens with two attached hydrogens (primary N) is 1. The molecule has 0 aliphatic rings. The largest absolute Gasteiger partial charge is 0.382 e. The van der Waals surface area contributed by atoms with Crippen LogP contribution in [0, 0.1) is 0 Å². The zero-order chi connectivity index (χ0) is 13.1. The van der Waals surface area contributed by atoms with E-state index in [0.29, 0.717) is 12.4 Å². The van der Waals surface area contributed by atoms with E-state index in [1.54, 1.807) is 18.6 Å². The van der Waals surface area contributed by atoms with Gasteiger partial charge in [0, 0.05) is 30.7 Å². The highest BCUT2D eigenvalue weighted by atomic mass is 32.1. The molecule has 3 aromatic heterocycles. The van der Waals surface area contributed by atoms with E-state index >= 15 is 0 Å². The standard InChI is InChI=1S/C12H12N6S/c13-11-10(9-1-3-14-4-2-9)12(19-18-11)15-5-8-6-16-17-7-8/h1-4,6-7,15H,5H2,(H2,13,18)(H,16,17). The van der Waals surface area contributed by atoms with Crippen LogP contribution in [0.5, 0.6) is 0 Å². The lowest BCUT2D eigenvalue weighted by Crippen LogP contribution is -1.98.